The number of nitrogens with zero attached hydrogens (tertiary/aromatic N) is 2. The maximum atomic E-state index is 12.7. The number of aromatic amines is 1. The molecule has 0 bridgehead atoms. The van der Waals surface area contributed by atoms with E-state index < -0.39 is 5.25 Å². The zero-order chi connectivity index (χ0) is 16.1. The van der Waals surface area contributed by atoms with E-state index >= 15 is 0 Å². The highest BCUT2D eigenvalue weighted by atomic mass is 32.2. The van der Waals surface area contributed by atoms with Crippen LogP contribution in [-0.2, 0) is 4.79 Å². The van der Waals surface area contributed by atoms with Gasteiger partial charge in [0.05, 0.1) is 0 Å². The second-order valence-electron chi connectivity index (χ2n) is 4.77. The van der Waals surface area contributed by atoms with E-state index in [9.17, 15) is 4.79 Å². The fourth-order valence-electron chi connectivity index (χ4n) is 2.05. The summed E-state index contributed by atoms with van der Waals surface area (Å²) in [4.78, 5) is 16.8. The molecule has 0 saturated carbocycles. The SMILES string of the molecule is Nc1nc(S[C@H](C(=O)Nc2ccccc2)c2ccccc2)n[nH]1. The zero-order valence-corrected chi connectivity index (χ0v) is 13.0. The molecule has 0 spiro atoms. The van der Waals surface area contributed by atoms with Crippen molar-refractivity contribution >= 4 is 29.3 Å². The number of hydrogen-bond donors (Lipinski definition) is 3. The van der Waals surface area contributed by atoms with Gasteiger partial charge in [0.1, 0.15) is 5.25 Å². The molecular weight excluding hydrogens is 310 g/mol. The third-order valence-electron chi connectivity index (χ3n) is 3.09. The summed E-state index contributed by atoms with van der Waals surface area (Å²) in [6.07, 6.45) is 0. The Balaban J connectivity index is 1.84. The Labute approximate surface area is 137 Å². The van der Waals surface area contributed by atoms with Crippen LogP contribution in [0.15, 0.2) is 65.8 Å². The Hall–Kier alpha value is -2.80. The Morgan fingerprint density at radius 1 is 1.09 bits per heavy atom. The summed E-state index contributed by atoms with van der Waals surface area (Å²) in [7, 11) is 0. The number of nitrogens with two attached hydrogens (primary N) is 1. The third kappa shape index (κ3) is 3.89. The molecule has 0 fully saturated rings. The van der Waals surface area contributed by atoms with Crippen molar-refractivity contribution in [1.82, 2.24) is 15.2 Å². The number of carbonyl (C=O) groups is 1. The summed E-state index contributed by atoms with van der Waals surface area (Å²) in [5.74, 6) is 0.0820. The highest BCUT2D eigenvalue weighted by Crippen LogP contribution is 2.34. The Bertz CT molecular complexity index is 775. The van der Waals surface area contributed by atoms with Crippen molar-refractivity contribution in [1.29, 1.82) is 0 Å². The molecule has 0 aliphatic heterocycles. The fourth-order valence-corrected chi connectivity index (χ4v) is 2.97. The number of aromatic nitrogens is 3. The number of amides is 1. The van der Waals surface area contributed by atoms with Gasteiger partial charge >= 0.3 is 0 Å². The first-order valence-electron chi connectivity index (χ1n) is 6.98. The van der Waals surface area contributed by atoms with Gasteiger partial charge in [-0.15, -0.1) is 5.10 Å². The van der Waals surface area contributed by atoms with Crippen LogP contribution in [0.5, 0.6) is 0 Å². The summed E-state index contributed by atoms with van der Waals surface area (Å²) in [5.41, 5.74) is 7.16. The second kappa shape index (κ2) is 6.97. The zero-order valence-electron chi connectivity index (χ0n) is 12.1. The molecule has 0 unspecified atom stereocenters. The molecule has 3 aromatic rings. The molecule has 0 aliphatic rings. The van der Waals surface area contributed by atoms with E-state index in [2.05, 4.69) is 20.5 Å². The predicted molar refractivity (Wildman–Crippen MR) is 90.9 cm³/mol. The van der Waals surface area contributed by atoms with Crippen LogP contribution in [0, 0.1) is 0 Å². The van der Waals surface area contributed by atoms with Gasteiger partial charge in [-0.3, -0.25) is 4.79 Å². The lowest BCUT2D eigenvalue weighted by Crippen LogP contribution is -2.19. The monoisotopic (exact) mass is 325 g/mol. The smallest absolute Gasteiger partial charge is 0.242 e. The molecule has 0 radical (unpaired) electrons. The van der Waals surface area contributed by atoms with Crippen LogP contribution in [-0.4, -0.2) is 21.1 Å². The molecule has 3 rings (SSSR count). The van der Waals surface area contributed by atoms with E-state index in [1.54, 1.807) is 0 Å². The molecule has 1 atom stereocenters. The minimum absolute atomic E-state index is 0.143. The lowest BCUT2D eigenvalue weighted by Gasteiger charge is -2.15. The van der Waals surface area contributed by atoms with Crippen molar-refractivity contribution in [3.63, 3.8) is 0 Å². The minimum Gasteiger partial charge on any atom is -0.368 e. The average molecular weight is 325 g/mol. The summed E-state index contributed by atoms with van der Waals surface area (Å²) in [5, 5.41) is 9.43. The first-order valence-corrected chi connectivity index (χ1v) is 7.86. The van der Waals surface area contributed by atoms with Crippen LogP contribution in [0.1, 0.15) is 10.8 Å². The first-order chi connectivity index (χ1) is 11.2. The molecule has 1 aromatic heterocycles. The molecule has 1 amide bonds. The summed E-state index contributed by atoms with van der Waals surface area (Å²) >= 11 is 1.24. The predicted octanol–water partition coefficient (Wildman–Crippen LogP) is 2.86. The number of benzene rings is 2. The van der Waals surface area contributed by atoms with Gasteiger partial charge in [0.15, 0.2) is 0 Å². The van der Waals surface area contributed by atoms with Crippen molar-refractivity contribution in [3.05, 3.63) is 66.2 Å². The van der Waals surface area contributed by atoms with Crippen molar-refractivity contribution in [2.24, 2.45) is 0 Å². The van der Waals surface area contributed by atoms with E-state index in [0.29, 0.717) is 5.16 Å². The van der Waals surface area contributed by atoms with Crippen molar-refractivity contribution in [2.45, 2.75) is 10.4 Å². The fraction of sp³-hybridized carbons (Fsp3) is 0.0625. The Morgan fingerprint density at radius 3 is 2.35 bits per heavy atom. The van der Waals surface area contributed by atoms with Gasteiger partial charge in [-0.1, -0.05) is 60.3 Å². The molecule has 23 heavy (non-hydrogen) atoms. The summed E-state index contributed by atoms with van der Waals surface area (Å²) in [6.45, 7) is 0. The van der Waals surface area contributed by atoms with Crippen molar-refractivity contribution in [3.8, 4) is 0 Å². The van der Waals surface area contributed by atoms with Gasteiger partial charge in [-0.25, -0.2) is 5.10 Å². The van der Waals surface area contributed by atoms with E-state index in [4.69, 9.17) is 5.73 Å². The van der Waals surface area contributed by atoms with E-state index in [1.807, 2.05) is 60.7 Å². The normalized spacial score (nSPS) is 11.8. The van der Waals surface area contributed by atoms with E-state index in [1.165, 1.54) is 11.8 Å². The molecule has 0 aliphatic carbocycles. The molecule has 7 heteroatoms. The van der Waals surface area contributed by atoms with Gasteiger partial charge in [0.2, 0.25) is 17.0 Å². The quantitative estimate of drug-likeness (QED) is 0.627. The molecule has 4 N–H and O–H groups in total. The van der Waals surface area contributed by atoms with Crippen LogP contribution in [0.3, 0.4) is 0 Å². The number of nitrogens with one attached hydrogen (secondary N) is 2. The van der Waals surface area contributed by atoms with Gasteiger partial charge < -0.3 is 11.1 Å². The van der Waals surface area contributed by atoms with Crippen LogP contribution in [0.25, 0.3) is 0 Å². The van der Waals surface area contributed by atoms with E-state index in [0.717, 1.165) is 11.3 Å². The lowest BCUT2D eigenvalue weighted by atomic mass is 10.1. The topological polar surface area (TPSA) is 96.7 Å². The van der Waals surface area contributed by atoms with Gasteiger partial charge in [-0.05, 0) is 17.7 Å². The average Bonchev–Trinajstić information content (AvgIpc) is 2.99. The molecule has 1 heterocycles. The molecule has 0 saturated heterocycles. The number of hydrogen-bond acceptors (Lipinski definition) is 5. The summed E-state index contributed by atoms with van der Waals surface area (Å²) < 4.78 is 0. The first kappa shape index (κ1) is 15.1. The maximum absolute atomic E-state index is 12.7. The molecule has 2 aromatic carbocycles. The molecule has 6 nitrogen and oxygen atoms in total. The van der Waals surface area contributed by atoms with E-state index in [-0.39, 0.29) is 11.9 Å². The van der Waals surface area contributed by atoms with Gasteiger partial charge in [0, 0.05) is 5.69 Å². The number of anilines is 2. The Kier molecular flexibility index (Phi) is 4.58. The number of carbonyl (C=O) groups excluding carboxylic acids is 1. The van der Waals surface area contributed by atoms with Gasteiger partial charge in [-0.2, -0.15) is 4.98 Å². The number of thioether (sulfide) groups is 1. The molecule has 116 valence electrons. The minimum atomic E-state index is -0.480. The van der Waals surface area contributed by atoms with Crippen LogP contribution < -0.4 is 11.1 Å². The third-order valence-corrected chi connectivity index (χ3v) is 4.20. The van der Waals surface area contributed by atoms with Crippen molar-refractivity contribution in [2.75, 3.05) is 11.1 Å². The highest BCUT2D eigenvalue weighted by Gasteiger charge is 2.24. The maximum Gasteiger partial charge on any atom is 0.242 e. The highest BCUT2D eigenvalue weighted by molar-refractivity contribution is 8.00. The summed E-state index contributed by atoms with van der Waals surface area (Å²) in [6, 6.07) is 18.8. The Morgan fingerprint density at radius 2 is 1.74 bits per heavy atom. The van der Waals surface area contributed by atoms with Crippen LogP contribution in [0.2, 0.25) is 0 Å². The molecular formula is C16H15N5OS. The van der Waals surface area contributed by atoms with Crippen LogP contribution in [0.4, 0.5) is 11.6 Å². The number of H-pyrrole nitrogens is 1. The standard InChI is InChI=1S/C16H15N5OS/c17-15-19-16(21-20-15)23-13(11-7-3-1-4-8-11)14(22)18-12-9-5-2-6-10-12/h1-10,13H,(H,18,22)(H3,17,19,20,21)/t13-/m0/s1. The van der Waals surface area contributed by atoms with Crippen LogP contribution >= 0.6 is 11.8 Å². The number of para-hydroxylation sites is 1. The van der Waals surface area contributed by atoms with Gasteiger partial charge in [0.25, 0.3) is 0 Å². The largest absolute Gasteiger partial charge is 0.368 e. The lowest BCUT2D eigenvalue weighted by molar-refractivity contribution is -0.115. The second-order valence-corrected chi connectivity index (χ2v) is 5.84. The van der Waals surface area contributed by atoms with Crippen molar-refractivity contribution < 1.29 is 4.79 Å². The number of nitrogen functional groups attached to an aromatic ring is 1. The number of rotatable bonds is 5.